The van der Waals surface area contributed by atoms with E-state index in [9.17, 15) is 18.6 Å². The first-order valence-corrected chi connectivity index (χ1v) is 13.7. The van der Waals surface area contributed by atoms with Gasteiger partial charge in [-0.25, -0.2) is 0 Å². The largest absolute Gasteiger partial charge is 0.497 e. The maximum atomic E-state index is 13.2. The van der Waals surface area contributed by atoms with Gasteiger partial charge in [-0.3, -0.25) is 18.6 Å². The number of hydrogen-bond donors (Lipinski definition) is 2. The molecule has 0 bridgehead atoms. The molecule has 2 aromatic carbocycles. The summed E-state index contributed by atoms with van der Waals surface area (Å²) in [5, 5.41) is 5.67. The molecule has 10 nitrogen and oxygen atoms in total. The molecule has 2 N–H and O–H groups in total. The Kier molecular flexibility index (Phi) is 8.99. The number of carbonyl (C=O) groups excluding carboxylic acids is 3. The summed E-state index contributed by atoms with van der Waals surface area (Å²) in [6, 6.07) is 11.7. The van der Waals surface area contributed by atoms with E-state index in [1.54, 1.807) is 42.5 Å². The maximum absolute atomic E-state index is 13.2. The minimum absolute atomic E-state index is 0.100. The SMILES string of the molecule is COc1ccc(N(CC(=O)NC2CCCCC2)C(=O)C[S@](=O)CC(=O)Nc2ccc3c(c2)OCO3)cc1. The fourth-order valence-electron chi connectivity index (χ4n) is 4.33. The molecule has 2 aromatic rings. The Labute approximate surface area is 218 Å². The average molecular weight is 530 g/mol. The quantitative estimate of drug-likeness (QED) is 0.485. The molecule has 37 heavy (non-hydrogen) atoms. The molecule has 0 unspecified atom stereocenters. The average Bonchev–Trinajstić information content (AvgIpc) is 3.35. The van der Waals surface area contributed by atoms with Crippen LogP contribution in [0.3, 0.4) is 0 Å². The van der Waals surface area contributed by atoms with Crippen LogP contribution in [0.5, 0.6) is 17.2 Å². The molecular weight excluding hydrogens is 498 g/mol. The monoisotopic (exact) mass is 529 g/mol. The Bertz CT molecular complexity index is 1150. The van der Waals surface area contributed by atoms with Gasteiger partial charge in [-0.1, -0.05) is 19.3 Å². The predicted molar refractivity (Wildman–Crippen MR) is 139 cm³/mol. The lowest BCUT2D eigenvalue weighted by Gasteiger charge is -2.26. The van der Waals surface area contributed by atoms with Crippen LogP contribution in [0.2, 0.25) is 0 Å². The fraction of sp³-hybridized carbons (Fsp3) is 0.423. The molecule has 4 rings (SSSR count). The number of amides is 3. The van der Waals surface area contributed by atoms with E-state index < -0.39 is 28.4 Å². The van der Waals surface area contributed by atoms with Gasteiger partial charge in [0.25, 0.3) is 0 Å². The predicted octanol–water partition coefficient (Wildman–Crippen LogP) is 2.59. The smallest absolute Gasteiger partial charge is 0.240 e. The van der Waals surface area contributed by atoms with Crippen molar-refractivity contribution in [3.05, 3.63) is 42.5 Å². The van der Waals surface area contributed by atoms with Gasteiger partial charge in [-0.05, 0) is 49.2 Å². The van der Waals surface area contributed by atoms with Gasteiger partial charge in [0, 0.05) is 34.3 Å². The Morgan fingerprint density at radius 3 is 2.43 bits per heavy atom. The van der Waals surface area contributed by atoms with Gasteiger partial charge < -0.3 is 29.7 Å². The van der Waals surface area contributed by atoms with E-state index in [2.05, 4.69) is 10.6 Å². The highest BCUT2D eigenvalue weighted by Gasteiger charge is 2.24. The first-order chi connectivity index (χ1) is 17.9. The number of nitrogens with zero attached hydrogens (tertiary/aromatic N) is 1. The van der Waals surface area contributed by atoms with Crippen LogP contribution in [-0.2, 0) is 25.2 Å². The summed E-state index contributed by atoms with van der Waals surface area (Å²) in [4.78, 5) is 39.7. The van der Waals surface area contributed by atoms with Crippen molar-refractivity contribution in [2.24, 2.45) is 0 Å². The van der Waals surface area contributed by atoms with E-state index in [4.69, 9.17) is 14.2 Å². The number of nitrogens with one attached hydrogen (secondary N) is 2. The highest BCUT2D eigenvalue weighted by Crippen LogP contribution is 2.34. The van der Waals surface area contributed by atoms with E-state index in [1.807, 2.05) is 0 Å². The van der Waals surface area contributed by atoms with E-state index in [1.165, 1.54) is 12.0 Å². The lowest BCUT2D eigenvalue weighted by atomic mass is 9.95. The summed E-state index contributed by atoms with van der Waals surface area (Å²) in [5.41, 5.74) is 0.947. The highest BCUT2D eigenvalue weighted by atomic mass is 32.2. The second-order valence-corrected chi connectivity index (χ2v) is 10.4. The summed E-state index contributed by atoms with van der Waals surface area (Å²) >= 11 is 0. The normalized spacial score (nSPS) is 15.5. The number of hydrogen-bond acceptors (Lipinski definition) is 7. The van der Waals surface area contributed by atoms with Gasteiger partial charge in [-0.2, -0.15) is 0 Å². The molecule has 1 atom stereocenters. The van der Waals surface area contributed by atoms with Gasteiger partial charge >= 0.3 is 0 Å². The van der Waals surface area contributed by atoms with Crippen LogP contribution in [0.1, 0.15) is 32.1 Å². The fourth-order valence-corrected chi connectivity index (χ4v) is 5.23. The third kappa shape index (κ3) is 7.45. The molecule has 0 radical (unpaired) electrons. The number of benzene rings is 2. The van der Waals surface area contributed by atoms with Crippen LogP contribution in [-0.4, -0.2) is 59.9 Å². The minimum atomic E-state index is -1.79. The van der Waals surface area contributed by atoms with Crippen LogP contribution in [0.25, 0.3) is 0 Å². The molecule has 0 spiro atoms. The number of carbonyl (C=O) groups is 3. The standard InChI is InChI=1S/C26H31N3O7S/c1-34-21-10-8-20(9-11-21)29(14-24(30)27-18-5-3-2-4-6-18)26(32)16-37(33)15-25(31)28-19-7-12-22-23(13-19)36-17-35-22/h7-13,18H,2-6,14-17H2,1H3,(H,27,30)(H,28,31)/t37-/m1/s1. The van der Waals surface area contributed by atoms with Gasteiger partial charge in [0.2, 0.25) is 24.5 Å². The first kappa shape index (κ1) is 26.5. The first-order valence-electron chi connectivity index (χ1n) is 12.2. The van der Waals surface area contributed by atoms with Crippen molar-refractivity contribution in [2.75, 3.05) is 42.2 Å². The van der Waals surface area contributed by atoms with Crippen molar-refractivity contribution in [1.29, 1.82) is 0 Å². The third-order valence-electron chi connectivity index (χ3n) is 6.19. The number of ether oxygens (including phenoxy) is 3. The Morgan fingerprint density at radius 1 is 0.973 bits per heavy atom. The van der Waals surface area contributed by atoms with Crippen molar-refractivity contribution in [2.45, 2.75) is 38.1 Å². The molecular formula is C26H31N3O7S. The molecule has 1 aliphatic heterocycles. The second-order valence-electron chi connectivity index (χ2n) is 8.93. The van der Waals surface area contributed by atoms with Gasteiger partial charge in [-0.15, -0.1) is 0 Å². The molecule has 3 amide bonds. The van der Waals surface area contributed by atoms with E-state index in [-0.39, 0.29) is 31.0 Å². The summed E-state index contributed by atoms with van der Waals surface area (Å²) in [6.45, 7) is -0.0928. The van der Waals surface area contributed by atoms with Crippen molar-refractivity contribution in [3.63, 3.8) is 0 Å². The molecule has 0 saturated heterocycles. The molecule has 2 aliphatic rings. The van der Waals surface area contributed by atoms with Crippen LogP contribution in [0.4, 0.5) is 11.4 Å². The van der Waals surface area contributed by atoms with Crippen LogP contribution in [0.15, 0.2) is 42.5 Å². The number of methoxy groups -OCH3 is 1. The summed E-state index contributed by atoms with van der Waals surface area (Å²) < 4.78 is 28.4. The van der Waals surface area contributed by atoms with Crippen LogP contribution < -0.4 is 29.7 Å². The zero-order valence-corrected chi connectivity index (χ0v) is 21.5. The van der Waals surface area contributed by atoms with Crippen molar-refractivity contribution in [1.82, 2.24) is 5.32 Å². The molecule has 1 aliphatic carbocycles. The Hall–Kier alpha value is -3.60. The van der Waals surface area contributed by atoms with E-state index in [0.29, 0.717) is 28.6 Å². The summed E-state index contributed by atoms with van der Waals surface area (Å²) in [5.74, 6) is -0.375. The molecule has 198 valence electrons. The molecule has 11 heteroatoms. The van der Waals surface area contributed by atoms with Crippen molar-refractivity contribution in [3.8, 4) is 17.2 Å². The van der Waals surface area contributed by atoms with Crippen molar-refractivity contribution < 1.29 is 32.8 Å². The van der Waals surface area contributed by atoms with Crippen molar-refractivity contribution >= 4 is 39.9 Å². The zero-order valence-electron chi connectivity index (χ0n) is 20.7. The lowest BCUT2D eigenvalue weighted by Crippen LogP contribution is -2.46. The van der Waals surface area contributed by atoms with E-state index in [0.717, 1.165) is 32.1 Å². The minimum Gasteiger partial charge on any atom is -0.497 e. The number of fused-ring (bicyclic) bond motifs is 1. The summed E-state index contributed by atoms with van der Waals surface area (Å²) in [7, 11) is -0.255. The van der Waals surface area contributed by atoms with Crippen LogP contribution >= 0.6 is 0 Å². The van der Waals surface area contributed by atoms with Gasteiger partial charge in [0.05, 0.1) is 7.11 Å². The Balaban J connectivity index is 1.36. The second kappa shape index (κ2) is 12.6. The summed E-state index contributed by atoms with van der Waals surface area (Å²) in [6.07, 6.45) is 5.14. The zero-order chi connectivity index (χ0) is 26.2. The van der Waals surface area contributed by atoms with Crippen LogP contribution in [0, 0.1) is 0 Å². The van der Waals surface area contributed by atoms with Gasteiger partial charge in [0.1, 0.15) is 23.8 Å². The number of anilines is 2. The lowest BCUT2D eigenvalue weighted by molar-refractivity contribution is -0.123. The highest BCUT2D eigenvalue weighted by molar-refractivity contribution is 7.86. The molecule has 0 aromatic heterocycles. The Morgan fingerprint density at radius 2 is 1.70 bits per heavy atom. The third-order valence-corrected chi connectivity index (χ3v) is 7.34. The maximum Gasteiger partial charge on any atom is 0.240 e. The molecule has 1 fully saturated rings. The van der Waals surface area contributed by atoms with E-state index >= 15 is 0 Å². The number of rotatable bonds is 10. The van der Waals surface area contributed by atoms with Gasteiger partial charge in [0.15, 0.2) is 11.5 Å². The topological polar surface area (TPSA) is 123 Å². The molecule has 1 heterocycles. The molecule has 1 saturated carbocycles.